The molecule has 5 atom stereocenters. The monoisotopic (exact) mass is 453 g/mol. The number of thioether (sulfide) groups is 1. The van der Waals surface area contributed by atoms with Crippen LogP contribution in [0.5, 0.6) is 0 Å². The molecule has 0 radical (unpaired) electrons. The van der Waals surface area contributed by atoms with E-state index in [1.165, 1.54) is 38.6 Å². The van der Waals surface area contributed by atoms with Gasteiger partial charge in [-0.25, -0.2) is 0 Å². The van der Waals surface area contributed by atoms with Crippen LogP contribution in [0.25, 0.3) is 6.08 Å². The summed E-state index contributed by atoms with van der Waals surface area (Å²) in [4.78, 5) is 45.6. The van der Waals surface area contributed by atoms with Gasteiger partial charge < -0.3 is 18.9 Å². The molecule has 0 N–H and O–H groups in total. The molecule has 0 aromatic heterocycles. The predicted octanol–water partition coefficient (Wildman–Crippen LogP) is 2.57. The average molecular weight is 453 g/mol. The fourth-order valence-electron chi connectivity index (χ4n) is 3.00. The zero-order valence-corrected chi connectivity index (χ0v) is 18.2. The minimum atomic E-state index is -1.06. The van der Waals surface area contributed by atoms with Crippen LogP contribution in [0.4, 0.5) is 0 Å². The van der Waals surface area contributed by atoms with E-state index in [2.05, 4.69) is 0 Å². The zero-order valence-electron chi connectivity index (χ0n) is 17.4. The van der Waals surface area contributed by atoms with Crippen LogP contribution in [0.3, 0.4) is 0 Å². The first-order chi connectivity index (χ1) is 14.6. The Bertz CT molecular complexity index is 855. The van der Waals surface area contributed by atoms with Gasteiger partial charge in [0.05, 0.1) is 11.0 Å². The van der Waals surface area contributed by atoms with Crippen molar-refractivity contribution in [3.8, 4) is 0 Å². The largest absolute Gasteiger partial charge is 0.456 e. The van der Waals surface area contributed by atoms with Crippen molar-refractivity contribution in [2.24, 2.45) is 0 Å². The molecule has 11 heteroatoms. The lowest BCUT2D eigenvalue weighted by atomic mass is 10.00. The van der Waals surface area contributed by atoms with Gasteiger partial charge in [-0.2, -0.15) is 0 Å². The van der Waals surface area contributed by atoms with Crippen molar-refractivity contribution in [1.29, 1.82) is 0 Å². The fraction of sp³-hybridized carbons (Fsp3) is 0.450. The number of carbonyl (C=O) groups excluding carboxylic acids is 3. The van der Waals surface area contributed by atoms with Crippen LogP contribution in [0, 0.1) is 10.1 Å². The van der Waals surface area contributed by atoms with Gasteiger partial charge in [-0.05, 0) is 24.6 Å². The molecule has 0 spiro atoms. The highest BCUT2D eigenvalue weighted by Gasteiger charge is 2.50. The topological polar surface area (TPSA) is 131 Å². The summed E-state index contributed by atoms with van der Waals surface area (Å²) >= 11 is 1.21. The molecule has 0 saturated carbocycles. The van der Waals surface area contributed by atoms with Gasteiger partial charge in [0.15, 0.2) is 18.3 Å². The molecule has 10 nitrogen and oxygen atoms in total. The number of ether oxygens (including phenoxy) is 4. The van der Waals surface area contributed by atoms with Crippen LogP contribution in [0.15, 0.2) is 35.4 Å². The SMILES string of the molecule is CC(=O)O[C@@H]1[C@@H](OC(C)=O)[C@H](C)O[C@@H](Sc2ccc(/C=C/[N+](=O)[O-])cc2)[C@@H]1OC(C)=O. The Morgan fingerprint density at radius 3 is 2.00 bits per heavy atom. The standard InChI is InChI=1S/C20H23NO9S/c1-11-17(28-12(2)22)18(29-13(3)23)19(30-14(4)24)20(27-11)31-16-7-5-15(6-8-16)9-10-21(25)26/h5-11,17-20H,1-4H3/b10-9+/t11-,17-,18+,19+,20-/m0/s1. The second kappa shape index (κ2) is 10.9. The molecule has 0 bridgehead atoms. The molecule has 1 aliphatic heterocycles. The Morgan fingerprint density at radius 2 is 1.48 bits per heavy atom. The lowest BCUT2D eigenvalue weighted by molar-refractivity contribution is -0.400. The molecular weight excluding hydrogens is 430 g/mol. The summed E-state index contributed by atoms with van der Waals surface area (Å²) in [5.41, 5.74) is -0.140. The molecule has 1 aromatic rings. The Labute approximate surface area is 183 Å². The summed E-state index contributed by atoms with van der Waals surface area (Å²) in [6.45, 7) is 5.29. The van der Waals surface area contributed by atoms with E-state index in [4.69, 9.17) is 18.9 Å². The van der Waals surface area contributed by atoms with Crippen LogP contribution in [-0.4, -0.2) is 52.7 Å². The van der Waals surface area contributed by atoms with Crippen LogP contribution < -0.4 is 0 Å². The van der Waals surface area contributed by atoms with Crippen molar-refractivity contribution in [3.05, 3.63) is 46.1 Å². The summed E-state index contributed by atoms with van der Waals surface area (Å²) in [5, 5.41) is 10.4. The first kappa shape index (κ1) is 24.4. The quantitative estimate of drug-likeness (QED) is 0.263. The van der Waals surface area contributed by atoms with E-state index in [0.717, 1.165) is 11.1 Å². The van der Waals surface area contributed by atoms with Gasteiger partial charge in [-0.15, -0.1) is 0 Å². The van der Waals surface area contributed by atoms with E-state index < -0.39 is 52.7 Å². The molecule has 1 aromatic carbocycles. The number of hydrogen-bond donors (Lipinski definition) is 0. The second-order valence-electron chi connectivity index (χ2n) is 6.72. The third kappa shape index (κ3) is 7.37. The van der Waals surface area contributed by atoms with Gasteiger partial charge in [0, 0.05) is 31.7 Å². The first-order valence-electron chi connectivity index (χ1n) is 9.32. The van der Waals surface area contributed by atoms with Crippen LogP contribution >= 0.6 is 11.8 Å². The number of hydrogen-bond acceptors (Lipinski definition) is 10. The Morgan fingerprint density at radius 1 is 0.968 bits per heavy atom. The number of benzene rings is 1. The van der Waals surface area contributed by atoms with Gasteiger partial charge in [0.2, 0.25) is 6.20 Å². The summed E-state index contributed by atoms with van der Waals surface area (Å²) in [6, 6.07) is 6.81. The maximum absolute atomic E-state index is 11.7. The van der Waals surface area contributed by atoms with Gasteiger partial charge in [-0.1, -0.05) is 23.9 Å². The predicted molar refractivity (Wildman–Crippen MR) is 109 cm³/mol. The molecule has 2 rings (SSSR count). The molecule has 168 valence electrons. The van der Waals surface area contributed by atoms with Crippen molar-refractivity contribution in [1.82, 2.24) is 0 Å². The van der Waals surface area contributed by atoms with Crippen molar-refractivity contribution in [2.45, 2.75) is 62.4 Å². The van der Waals surface area contributed by atoms with Gasteiger partial charge in [0.1, 0.15) is 5.44 Å². The van der Waals surface area contributed by atoms with Crippen molar-refractivity contribution in [3.63, 3.8) is 0 Å². The molecule has 1 heterocycles. The van der Waals surface area contributed by atoms with Gasteiger partial charge >= 0.3 is 17.9 Å². The minimum Gasteiger partial charge on any atom is -0.456 e. The molecule has 0 amide bonds. The van der Waals surface area contributed by atoms with E-state index in [1.54, 1.807) is 31.2 Å². The average Bonchev–Trinajstić information content (AvgIpc) is 2.66. The van der Waals surface area contributed by atoms with E-state index >= 15 is 0 Å². The van der Waals surface area contributed by atoms with E-state index in [0.29, 0.717) is 5.56 Å². The first-order valence-corrected chi connectivity index (χ1v) is 10.2. The number of nitro groups is 1. The van der Waals surface area contributed by atoms with Gasteiger partial charge in [0.25, 0.3) is 0 Å². The van der Waals surface area contributed by atoms with Crippen LogP contribution in [-0.2, 0) is 33.3 Å². The lowest BCUT2D eigenvalue weighted by Gasteiger charge is -2.43. The van der Waals surface area contributed by atoms with Crippen molar-refractivity contribution >= 4 is 35.7 Å². The molecule has 0 aliphatic carbocycles. The second-order valence-corrected chi connectivity index (χ2v) is 7.89. The normalized spacial score (nSPS) is 25.6. The third-order valence-electron chi connectivity index (χ3n) is 4.15. The summed E-state index contributed by atoms with van der Waals surface area (Å²) in [6.07, 6.45) is -1.52. The Hall–Kier alpha value is -2.92. The number of carbonyl (C=O) groups is 3. The van der Waals surface area contributed by atoms with Crippen molar-refractivity contribution in [2.75, 3.05) is 0 Å². The highest BCUT2D eigenvalue weighted by Crippen LogP contribution is 2.37. The smallest absolute Gasteiger partial charge is 0.303 e. The highest BCUT2D eigenvalue weighted by molar-refractivity contribution is 7.99. The summed E-state index contributed by atoms with van der Waals surface area (Å²) < 4.78 is 22.0. The Kier molecular flexibility index (Phi) is 8.57. The molecule has 0 unspecified atom stereocenters. The molecule has 1 saturated heterocycles. The maximum Gasteiger partial charge on any atom is 0.303 e. The molecule has 1 aliphatic rings. The molecule has 1 fully saturated rings. The van der Waals surface area contributed by atoms with E-state index in [9.17, 15) is 24.5 Å². The minimum absolute atomic E-state index is 0.557. The Balaban J connectivity index is 2.29. The van der Waals surface area contributed by atoms with E-state index in [-0.39, 0.29) is 0 Å². The number of rotatable bonds is 7. The van der Waals surface area contributed by atoms with E-state index in [1.807, 2.05) is 0 Å². The zero-order chi connectivity index (χ0) is 23.1. The number of nitrogens with zero attached hydrogens (tertiary/aromatic N) is 1. The molecule has 31 heavy (non-hydrogen) atoms. The molecular formula is C20H23NO9S. The third-order valence-corrected chi connectivity index (χ3v) is 5.31. The summed E-state index contributed by atoms with van der Waals surface area (Å²) in [5.74, 6) is -1.84. The van der Waals surface area contributed by atoms with Gasteiger partial charge in [-0.3, -0.25) is 24.5 Å². The lowest BCUT2D eigenvalue weighted by Crippen LogP contribution is -2.59. The maximum atomic E-state index is 11.7. The van der Waals surface area contributed by atoms with Crippen LogP contribution in [0.2, 0.25) is 0 Å². The highest BCUT2D eigenvalue weighted by atomic mass is 32.2. The number of esters is 3. The summed E-state index contributed by atoms with van der Waals surface area (Å²) in [7, 11) is 0. The fourth-order valence-corrected chi connectivity index (χ4v) is 4.14. The van der Waals surface area contributed by atoms with Crippen LogP contribution in [0.1, 0.15) is 33.3 Å². The van der Waals surface area contributed by atoms with Crippen molar-refractivity contribution < 1.29 is 38.3 Å².